The van der Waals surface area contributed by atoms with Gasteiger partial charge in [-0.15, -0.1) is 0 Å². The summed E-state index contributed by atoms with van der Waals surface area (Å²) in [5, 5.41) is 9.38. The van der Waals surface area contributed by atoms with Gasteiger partial charge in [-0.05, 0) is 35.9 Å². The van der Waals surface area contributed by atoms with Gasteiger partial charge in [0.05, 0.1) is 28.5 Å². The zero-order chi connectivity index (χ0) is 20.5. The standard InChI is InChI=1S/C20H10F6N2/c21-19(22,23)15-5-1-12(2-6-15)17-11-28-18(9-14(17)10-27)13-3-7-16(8-4-13)20(24,25)26/h1-9,11H. The zero-order valence-electron chi connectivity index (χ0n) is 13.9. The Morgan fingerprint density at radius 2 is 1.18 bits per heavy atom. The predicted molar refractivity (Wildman–Crippen MR) is 89.8 cm³/mol. The zero-order valence-corrected chi connectivity index (χ0v) is 13.9. The summed E-state index contributed by atoms with van der Waals surface area (Å²) in [5.74, 6) is 0. The topological polar surface area (TPSA) is 36.7 Å². The molecule has 3 aromatic rings. The first-order valence-corrected chi connectivity index (χ1v) is 7.85. The van der Waals surface area contributed by atoms with Gasteiger partial charge >= 0.3 is 12.4 Å². The summed E-state index contributed by atoms with van der Waals surface area (Å²) >= 11 is 0. The van der Waals surface area contributed by atoms with E-state index in [4.69, 9.17) is 0 Å². The second-order valence-electron chi connectivity index (χ2n) is 5.88. The van der Waals surface area contributed by atoms with E-state index in [1.54, 1.807) is 0 Å². The number of rotatable bonds is 2. The maximum Gasteiger partial charge on any atom is 0.416 e. The van der Waals surface area contributed by atoms with Gasteiger partial charge in [0.25, 0.3) is 0 Å². The second-order valence-corrected chi connectivity index (χ2v) is 5.88. The molecule has 142 valence electrons. The van der Waals surface area contributed by atoms with E-state index < -0.39 is 23.5 Å². The Kier molecular flexibility index (Phi) is 4.86. The Bertz CT molecular complexity index is 1030. The van der Waals surface area contributed by atoms with Gasteiger partial charge < -0.3 is 0 Å². The highest BCUT2D eigenvalue weighted by atomic mass is 19.4. The molecule has 2 nitrogen and oxygen atoms in total. The van der Waals surface area contributed by atoms with E-state index in [0.717, 1.165) is 24.3 Å². The molecule has 0 fully saturated rings. The van der Waals surface area contributed by atoms with Crippen LogP contribution in [-0.2, 0) is 12.4 Å². The van der Waals surface area contributed by atoms with Crippen LogP contribution in [0.1, 0.15) is 16.7 Å². The van der Waals surface area contributed by atoms with Crippen LogP contribution in [0.3, 0.4) is 0 Å². The molecule has 1 heterocycles. The molecule has 0 atom stereocenters. The monoisotopic (exact) mass is 392 g/mol. The van der Waals surface area contributed by atoms with Crippen LogP contribution in [0.5, 0.6) is 0 Å². The van der Waals surface area contributed by atoms with Gasteiger partial charge in [-0.1, -0.05) is 24.3 Å². The highest BCUT2D eigenvalue weighted by Gasteiger charge is 2.31. The van der Waals surface area contributed by atoms with Crippen molar-refractivity contribution in [2.24, 2.45) is 0 Å². The average Bonchev–Trinajstić information content (AvgIpc) is 2.66. The van der Waals surface area contributed by atoms with Gasteiger partial charge in [0, 0.05) is 17.3 Å². The Morgan fingerprint density at radius 3 is 1.61 bits per heavy atom. The number of benzene rings is 2. The number of halogens is 6. The van der Waals surface area contributed by atoms with E-state index in [1.807, 2.05) is 6.07 Å². The maximum absolute atomic E-state index is 12.7. The fourth-order valence-corrected chi connectivity index (χ4v) is 2.60. The van der Waals surface area contributed by atoms with Crippen LogP contribution >= 0.6 is 0 Å². The molecular formula is C20H10F6N2. The van der Waals surface area contributed by atoms with Crippen LogP contribution in [0.25, 0.3) is 22.4 Å². The van der Waals surface area contributed by atoms with Crippen LogP contribution in [-0.4, -0.2) is 4.98 Å². The Morgan fingerprint density at radius 1 is 0.714 bits per heavy atom. The molecule has 0 amide bonds. The lowest BCUT2D eigenvalue weighted by atomic mass is 9.99. The van der Waals surface area contributed by atoms with Crippen LogP contribution in [0.2, 0.25) is 0 Å². The van der Waals surface area contributed by atoms with E-state index in [1.165, 1.54) is 36.5 Å². The Labute approximate surface area is 155 Å². The first-order chi connectivity index (χ1) is 13.1. The van der Waals surface area contributed by atoms with Crippen molar-refractivity contribution in [1.29, 1.82) is 5.26 Å². The van der Waals surface area contributed by atoms with Gasteiger partial charge in [0.1, 0.15) is 0 Å². The smallest absolute Gasteiger partial charge is 0.256 e. The van der Waals surface area contributed by atoms with E-state index in [9.17, 15) is 31.6 Å². The van der Waals surface area contributed by atoms with Gasteiger partial charge in [-0.3, -0.25) is 4.98 Å². The molecule has 0 aliphatic rings. The molecule has 2 aromatic carbocycles. The molecule has 0 unspecified atom stereocenters. The molecule has 0 radical (unpaired) electrons. The van der Waals surface area contributed by atoms with Gasteiger partial charge in [-0.25, -0.2) is 0 Å². The molecule has 0 bridgehead atoms. The van der Waals surface area contributed by atoms with Crippen molar-refractivity contribution >= 4 is 0 Å². The highest BCUT2D eigenvalue weighted by molar-refractivity contribution is 5.73. The van der Waals surface area contributed by atoms with Crippen LogP contribution in [0.4, 0.5) is 26.3 Å². The lowest BCUT2D eigenvalue weighted by Gasteiger charge is -2.10. The van der Waals surface area contributed by atoms with Gasteiger partial charge in [-0.2, -0.15) is 31.6 Å². The number of hydrogen-bond donors (Lipinski definition) is 0. The van der Waals surface area contributed by atoms with E-state index in [2.05, 4.69) is 4.98 Å². The fraction of sp³-hybridized carbons (Fsp3) is 0.100. The highest BCUT2D eigenvalue weighted by Crippen LogP contribution is 2.33. The number of hydrogen-bond acceptors (Lipinski definition) is 2. The van der Waals surface area contributed by atoms with Crippen molar-refractivity contribution in [2.75, 3.05) is 0 Å². The van der Waals surface area contributed by atoms with Crippen molar-refractivity contribution in [2.45, 2.75) is 12.4 Å². The lowest BCUT2D eigenvalue weighted by molar-refractivity contribution is -0.138. The SMILES string of the molecule is N#Cc1cc(-c2ccc(C(F)(F)F)cc2)ncc1-c1ccc(C(F)(F)F)cc1. The number of nitriles is 1. The van der Waals surface area contributed by atoms with Gasteiger partial charge in [0.15, 0.2) is 0 Å². The summed E-state index contributed by atoms with van der Waals surface area (Å²) in [4.78, 5) is 4.14. The molecule has 1 aromatic heterocycles. The van der Waals surface area contributed by atoms with Crippen molar-refractivity contribution in [3.05, 3.63) is 77.5 Å². The fourth-order valence-electron chi connectivity index (χ4n) is 2.60. The lowest BCUT2D eigenvalue weighted by Crippen LogP contribution is -2.04. The first-order valence-electron chi connectivity index (χ1n) is 7.85. The molecular weight excluding hydrogens is 382 g/mol. The van der Waals surface area contributed by atoms with Crippen LogP contribution in [0.15, 0.2) is 60.8 Å². The summed E-state index contributed by atoms with van der Waals surface area (Å²) in [7, 11) is 0. The molecule has 0 N–H and O–H groups in total. The van der Waals surface area contributed by atoms with Crippen molar-refractivity contribution in [3.8, 4) is 28.5 Å². The van der Waals surface area contributed by atoms with Crippen molar-refractivity contribution in [1.82, 2.24) is 4.98 Å². The minimum atomic E-state index is -4.47. The molecule has 0 saturated carbocycles. The normalized spacial score (nSPS) is 11.9. The number of nitrogens with zero attached hydrogens (tertiary/aromatic N) is 2. The third-order valence-electron chi connectivity index (χ3n) is 4.06. The second kappa shape index (κ2) is 7.00. The van der Waals surface area contributed by atoms with E-state index in [0.29, 0.717) is 16.7 Å². The molecule has 0 aliphatic heterocycles. The minimum absolute atomic E-state index is 0.143. The third-order valence-corrected chi connectivity index (χ3v) is 4.06. The number of aromatic nitrogens is 1. The molecule has 8 heteroatoms. The van der Waals surface area contributed by atoms with Crippen molar-refractivity contribution < 1.29 is 26.3 Å². The summed E-state index contributed by atoms with van der Waals surface area (Å²) in [6.45, 7) is 0. The quantitative estimate of drug-likeness (QED) is 0.478. The molecule has 0 saturated heterocycles. The average molecular weight is 392 g/mol. The first kappa shape index (κ1) is 19.4. The van der Waals surface area contributed by atoms with Crippen LogP contribution in [0, 0.1) is 11.3 Å². The number of pyridine rings is 1. The summed E-state index contributed by atoms with van der Waals surface area (Å²) in [5.41, 5.74) is -0.126. The van der Waals surface area contributed by atoms with E-state index in [-0.39, 0.29) is 11.3 Å². The van der Waals surface area contributed by atoms with E-state index >= 15 is 0 Å². The third kappa shape index (κ3) is 3.98. The molecule has 28 heavy (non-hydrogen) atoms. The maximum atomic E-state index is 12.7. The molecule has 3 rings (SSSR count). The Hall–Kier alpha value is -3.34. The molecule has 0 spiro atoms. The number of alkyl halides is 6. The predicted octanol–water partition coefficient (Wildman–Crippen LogP) is 6.32. The summed E-state index contributed by atoms with van der Waals surface area (Å²) < 4.78 is 76.0. The minimum Gasteiger partial charge on any atom is -0.256 e. The Balaban J connectivity index is 1.96. The molecule has 0 aliphatic carbocycles. The summed E-state index contributed by atoms with van der Waals surface area (Å²) in [6, 6.07) is 11.9. The van der Waals surface area contributed by atoms with Gasteiger partial charge in [0.2, 0.25) is 0 Å². The summed E-state index contributed by atoms with van der Waals surface area (Å²) in [6.07, 6.45) is -7.62. The largest absolute Gasteiger partial charge is 0.416 e. The van der Waals surface area contributed by atoms with Crippen molar-refractivity contribution in [3.63, 3.8) is 0 Å². The van der Waals surface area contributed by atoms with Crippen LogP contribution < -0.4 is 0 Å².